The van der Waals surface area contributed by atoms with Crippen LogP contribution >= 0.6 is 0 Å². The minimum Gasteiger partial charge on any atom is -0.517 e. The molecule has 15 heavy (non-hydrogen) atoms. The van der Waals surface area contributed by atoms with Crippen LogP contribution in [0.25, 0.3) is 0 Å². The molecule has 0 aromatic heterocycles. The maximum atomic E-state index is 11.4. The lowest BCUT2D eigenvalue weighted by molar-refractivity contribution is -0.129. The van der Waals surface area contributed by atoms with E-state index < -0.39 is 8.32 Å². The van der Waals surface area contributed by atoms with Crippen molar-refractivity contribution in [1.29, 1.82) is 0 Å². The zero-order valence-corrected chi connectivity index (χ0v) is 11.7. The molecule has 0 amide bonds. The Balaban J connectivity index is 3.90. The third kappa shape index (κ3) is 9.72. The first-order valence-corrected chi connectivity index (χ1v) is 9.17. The molecule has 1 atom stereocenters. The molecule has 0 rings (SSSR count). The Morgan fingerprint density at radius 1 is 1.40 bits per heavy atom. The van der Waals surface area contributed by atoms with Crippen molar-refractivity contribution in [1.82, 2.24) is 0 Å². The van der Waals surface area contributed by atoms with E-state index in [-0.39, 0.29) is 5.97 Å². The topological polar surface area (TPSA) is 26.3 Å². The summed E-state index contributed by atoms with van der Waals surface area (Å²) < 4.78 is 5.31. The van der Waals surface area contributed by atoms with Crippen molar-refractivity contribution in [3.05, 3.63) is 12.2 Å². The van der Waals surface area contributed by atoms with Gasteiger partial charge in [-0.1, -0.05) is 32.8 Å². The van der Waals surface area contributed by atoms with Crippen LogP contribution in [0.1, 0.15) is 33.1 Å². The van der Waals surface area contributed by atoms with E-state index in [9.17, 15) is 4.79 Å². The summed E-state index contributed by atoms with van der Waals surface area (Å²) in [4.78, 5) is 11.4. The number of hydrogen-bond acceptors (Lipinski definition) is 2. The second kappa shape index (κ2) is 6.83. The van der Waals surface area contributed by atoms with Crippen molar-refractivity contribution in [2.45, 2.75) is 52.8 Å². The minimum atomic E-state index is -1.72. The highest BCUT2D eigenvalue weighted by atomic mass is 28.4. The molecule has 0 aliphatic carbocycles. The molecule has 0 aromatic carbocycles. The number of carbonyl (C=O) groups excluding carboxylic acids is 1. The summed E-state index contributed by atoms with van der Waals surface area (Å²) in [6.07, 6.45) is 7.11. The number of hydrogen-bond donors (Lipinski definition) is 0. The lowest BCUT2D eigenvalue weighted by Gasteiger charge is -2.15. The largest absolute Gasteiger partial charge is 0.517 e. The van der Waals surface area contributed by atoms with Gasteiger partial charge in [0, 0.05) is 6.08 Å². The quantitative estimate of drug-likeness (QED) is 0.511. The van der Waals surface area contributed by atoms with E-state index in [2.05, 4.69) is 13.8 Å². The second-order valence-electron chi connectivity index (χ2n) is 5.01. The van der Waals surface area contributed by atoms with Crippen LogP contribution in [0, 0.1) is 5.92 Å². The molecule has 0 spiro atoms. The molecule has 0 aromatic rings. The van der Waals surface area contributed by atoms with Crippen molar-refractivity contribution < 1.29 is 9.22 Å². The van der Waals surface area contributed by atoms with Crippen LogP contribution in [0.5, 0.6) is 0 Å². The van der Waals surface area contributed by atoms with Gasteiger partial charge in [0.25, 0.3) is 0 Å². The van der Waals surface area contributed by atoms with Gasteiger partial charge in [-0.15, -0.1) is 0 Å². The number of carbonyl (C=O) groups is 1. The van der Waals surface area contributed by atoms with Crippen LogP contribution in [0.3, 0.4) is 0 Å². The smallest absolute Gasteiger partial charge is 0.317 e. The molecule has 0 saturated heterocycles. The molecule has 1 unspecified atom stereocenters. The van der Waals surface area contributed by atoms with Crippen molar-refractivity contribution in [3.63, 3.8) is 0 Å². The molecule has 0 aliphatic rings. The molecule has 0 heterocycles. The van der Waals surface area contributed by atoms with Crippen LogP contribution in [0.4, 0.5) is 0 Å². The Morgan fingerprint density at radius 3 is 2.47 bits per heavy atom. The highest BCUT2D eigenvalue weighted by Gasteiger charge is 2.18. The highest BCUT2D eigenvalue weighted by molar-refractivity contribution is 6.71. The van der Waals surface area contributed by atoms with Crippen molar-refractivity contribution in [2.24, 2.45) is 5.92 Å². The number of rotatable bonds is 6. The first kappa shape index (κ1) is 14.4. The fourth-order valence-corrected chi connectivity index (χ4v) is 1.87. The van der Waals surface area contributed by atoms with Crippen LogP contribution in [0.15, 0.2) is 12.2 Å². The third-order valence-electron chi connectivity index (χ3n) is 1.98. The molecule has 0 fully saturated rings. The van der Waals surface area contributed by atoms with Gasteiger partial charge in [0.05, 0.1) is 0 Å². The van der Waals surface area contributed by atoms with Gasteiger partial charge in [-0.25, -0.2) is 4.79 Å². The zero-order chi connectivity index (χ0) is 11.9. The maximum Gasteiger partial charge on any atom is 0.317 e. The van der Waals surface area contributed by atoms with Crippen molar-refractivity contribution >= 4 is 14.3 Å². The van der Waals surface area contributed by atoms with Crippen LogP contribution in [-0.4, -0.2) is 14.3 Å². The minimum absolute atomic E-state index is 0.183. The van der Waals surface area contributed by atoms with E-state index in [0.29, 0.717) is 5.92 Å². The fraction of sp³-hybridized carbons (Fsp3) is 0.750. The van der Waals surface area contributed by atoms with Gasteiger partial charge < -0.3 is 4.43 Å². The Morgan fingerprint density at radius 2 is 2.00 bits per heavy atom. The molecule has 2 nitrogen and oxygen atoms in total. The van der Waals surface area contributed by atoms with E-state index in [1.165, 1.54) is 12.8 Å². The summed E-state index contributed by atoms with van der Waals surface area (Å²) in [6.45, 7) is 10.3. The summed E-state index contributed by atoms with van der Waals surface area (Å²) in [5.74, 6) is 0.289. The van der Waals surface area contributed by atoms with E-state index in [1.54, 1.807) is 6.08 Å². The first-order chi connectivity index (χ1) is 6.85. The summed E-state index contributed by atoms with van der Waals surface area (Å²) in [7, 11) is -1.72. The average molecular weight is 228 g/mol. The Hall–Kier alpha value is -0.573. The van der Waals surface area contributed by atoms with Gasteiger partial charge in [-0.05, 0) is 32.0 Å². The Kier molecular flexibility index (Phi) is 6.57. The lowest BCUT2D eigenvalue weighted by atomic mass is 10.0. The predicted molar refractivity (Wildman–Crippen MR) is 67.3 cm³/mol. The third-order valence-corrected chi connectivity index (χ3v) is 2.79. The SMILES string of the molecule is CCCCC(C)/C=C/C(=O)O[Si](C)(C)C. The molecule has 0 aliphatic heterocycles. The maximum absolute atomic E-state index is 11.4. The summed E-state index contributed by atoms with van der Waals surface area (Å²) in [6, 6.07) is 0. The number of allylic oxidation sites excluding steroid dienone is 1. The van der Waals surface area contributed by atoms with E-state index in [1.807, 2.05) is 25.7 Å². The van der Waals surface area contributed by atoms with Crippen molar-refractivity contribution in [2.75, 3.05) is 0 Å². The van der Waals surface area contributed by atoms with Gasteiger partial charge in [0.1, 0.15) is 0 Å². The van der Waals surface area contributed by atoms with Gasteiger partial charge >= 0.3 is 5.97 Å². The first-order valence-electron chi connectivity index (χ1n) is 5.76. The zero-order valence-electron chi connectivity index (χ0n) is 10.7. The second-order valence-corrected chi connectivity index (χ2v) is 9.44. The van der Waals surface area contributed by atoms with E-state index in [4.69, 9.17) is 4.43 Å². The molecule has 0 bridgehead atoms. The summed E-state index contributed by atoms with van der Waals surface area (Å²) in [5, 5.41) is 0. The van der Waals surface area contributed by atoms with Gasteiger partial charge in [0.2, 0.25) is 8.32 Å². The van der Waals surface area contributed by atoms with Crippen LogP contribution < -0.4 is 0 Å². The summed E-state index contributed by atoms with van der Waals surface area (Å²) in [5.41, 5.74) is 0. The molecule has 0 saturated carbocycles. The molecular formula is C12H24O2Si. The molecule has 88 valence electrons. The monoisotopic (exact) mass is 228 g/mol. The van der Waals surface area contributed by atoms with E-state index >= 15 is 0 Å². The van der Waals surface area contributed by atoms with Gasteiger partial charge in [-0.3, -0.25) is 0 Å². The lowest BCUT2D eigenvalue weighted by Crippen LogP contribution is -2.28. The average Bonchev–Trinajstić information content (AvgIpc) is 2.08. The molecular weight excluding hydrogens is 204 g/mol. The van der Waals surface area contributed by atoms with E-state index in [0.717, 1.165) is 6.42 Å². The standard InChI is InChI=1S/C12H24O2Si/c1-6-7-8-11(2)9-10-12(13)14-15(3,4)5/h9-11H,6-8H2,1-5H3/b10-9+. The fourth-order valence-electron chi connectivity index (χ4n) is 1.20. The molecule has 0 radical (unpaired) electrons. The Labute approximate surface area is 94.8 Å². The predicted octanol–water partition coefficient (Wildman–Crippen LogP) is 3.75. The van der Waals surface area contributed by atoms with Crippen molar-refractivity contribution in [3.8, 4) is 0 Å². The normalized spacial score (nSPS) is 14.2. The van der Waals surface area contributed by atoms with Crippen LogP contribution in [-0.2, 0) is 9.22 Å². The summed E-state index contributed by atoms with van der Waals surface area (Å²) >= 11 is 0. The van der Waals surface area contributed by atoms with Crippen LogP contribution in [0.2, 0.25) is 19.6 Å². The van der Waals surface area contributed by atoms with Gasteiger partial charge in [-0.2, -0.15) is 0 Å². The Bertz CT molecular complexity index is 216. The molecule has 0 N–H and O–H groups in total. The number of unbranched alkanes of at least 4 members (excludes halogenated alkanes) is 1. The highest BCUT2D eigenvalue weighted by Crippen LogP contribution is 2.09. The molecule has 3 heteroatoms. The van der Waals surface area contributed by atoms with Gasteiger partial charge in [0.15, 0.2) is 0 Å².